The zero-order chi connectivity index (χ0) is 20.3. The van der Waals surface area contributed by atoms with Gasteiger partial charge >= 0.3 is 5.97 Å². The molecule has 0 aliphatic heterocycles. The maximum atomic E-state index is 11.1. The summed E-state index contributed by atoms with van der Waals surface area (Å²) in [5.41, 5.74) is 4.28. The first-order valence-electron chi connectivity index (χ1n) is 11.1. The molecule has 4 saturated carbocycles. The number of carboxylic acid groups (broad SMARTS) is 1. The summed E-state index contributed by atoms with van der Waals surface area (Å²) in [6.45, 7) is 0. The van der Waals surface area contributed by atoms with Crippen LogP contribution in [0.15, 0.2) is 54.6 Å². The Bertz CT molecular complexity index is 1220. The molecule has 30 heavy (non-hydrogen) atoms. The van der Waals surface area contributed by atoms with Gasteiger partial charge in [0.2, 0.25) is 0 Å². The Balaban J connectivity index is 1.32. The number of phenolic OH excluding ortho intramolecular Hbond substituents is 1. The third-order valence-corrected chi connectivity index (χ3v) is 9.34. The van der Waals surface area contributed by atoms with Crippen molar-refractivity contribution in [3.05, 3.63) is 65.7 Å². The van der Waals surface area contributed by atoms with Crippen molar-refractivity contribution in [2.24, 2.45) is 23.2 Å². The third-order valence-electron chi connectivity index (χ3n) is 9.34. The van der Waals surface area contributed by atoms with Crippen LogP contribution in [0.4, 0.5) is 0 Å². The Morgan fingerprint density at radius 3 is 2.20 bits per heavy atom. The SMILES string of the molecule is O=C(O)c1ccc(-c2ccc3cc(O)c(C45CC6CC7CC(C4)C65C7)cc3c2)cc1. The Hall–Kier alpha value is -2.81. The lowest BCUT2D eigenvalue weighted by Gasteiger charge is -2.75. The summed E-state index contributed by atoms with van der Waals surface area (Å²) in [5, 5.41) is 22.3. The van der Waals surface area contributed by atoms with Crippen molar-refractivity contribution in [3.8, 4) is 16.9 Å². The number of carboxylic acids is 1. The minimum Gasteiger partial charge on any atom is -0.508 e. The van der Waals surface area contributed by atoms with Crippen molar-refractivity contribution < 1.29 is 15.0 Å². The first-order valence-corrected chi connectivity index (χ1v) is 11.1. The molecule has 1 spiro atoms. The number of benzene rings is 3. The summed E-state index contributed by atoms with van der Waals surface area (Å²) in [7, 11) is 0. The molecular weight excluding hydrogens is 372 g/mol. The second-order valence-corrected chi connectivity index (χ2v) is 10.3. The molecule has 3 aromatic carbocycles. The highest BCUT2D eigenvalue weighted by atomic mass is 16.4. The maximum Gasteiger partial charge on any atom is 0.335 e. The molecule has 2 unspecified atom stereocenters. The molecule has 3 nitrogen and oxygen atoms in total. The zero-order valence-corrected chi connectivity index (χ0v) is 16.8. The van der Waals surface area contributed by atoms with Gasteiger partial charge in [-0.05, 0) is 108 Å². The Morgan fingerprint density at radius 1 is 0.833 bits per heavy atom. The summed E-state index contributed by atoms with van der Waals surface area (Å²) in [4.78, 5) is 11.1. The fraction of sp³-hybridized carbons (Fsp3) is 0.370. The van der Waals surface area contributed by atoms with E-state index in [1.807, 2.05) is 24.3 Å². The fourth-order valence-corrected chi connectivity index (χ4v) is 8.31. The van der Waals surface area contributed by atoms with Gasteiger partial charge in [0.1, 0.15) is 5.75 Å². The Kier molecular flexibility index (Phi) is 2.97. The molecule has 3 heteroatoms. The van der Waals surface area contributed by atoms with E-state index in [9.17, 15) is 9.90 Å². The molecule has 4 fully saturated rings. The molecule has 3 aromatic rings. The van der Waals surface area contributed by atoms with Crippen LogP contribution in [0.1, 0.15) is 48.0 Å². The number of aromatic hydroxyl groups is 1. The molecular formula is C27H24O3. The number of hydrogen-bond donors (Lipinski definition) is 2. The minimum atomic E-state index is -0.905. The van der Waals surface area contributed by atoms with Crippen molar-refractivity contribution in [3.63, 3.8) is 0 Å². The summed E-state index contributed by atoms with van der Waals surface area (Å²) >= 11 is 0. The van der Waals surface area contributed by atoms with Crippen LogP contribution >= 0.6 is 0 Å². The van der Waals surface area contributed by atoms with Gasteiger partial charge < -0.3 is 10.2 Å². The van der Waals surface area contributed by atoms with Crippen LogP contribution in [0.2, 0.25) is 0 Å². The predicted octanol–water partition coefficient (Wildman–Crippen LogP) is 5.99. The van der Waals surface area contributed by atoms with Crippen molar-refractivity contribution in [2.75, 3.05) is 0 Å². The molecule has 4 aliphatic carbocycles. The predicted molar refractivity (Wildman–Crippen MR) is 116 cm³/mol. The number of fused-ring (bicyclic) bond motifs is 2. The lowest BCUT2D eigenvalue weighted by Crippen LogP contribution is -2.70. The minimum absolute atomic E-state index is 0.213. The first-order chi connectivity index (χ1) is 14.5. The monoisotopic (exact) mass is 396 g/mol. The summed E-state index contributed by atoms with van der Waals surface area (Å²) in [6.07, 6.45) is 6.74. The Morgan fingerprint density at radius 2 is 1.53 bits per heavy atom. The number of rotatable bonds is 3. The number of aromatic carboxylic acids is 1. The lowest BCUT2D eigenvalue weighted by molar-refractivity contribution is -0.206. The van der Waals surface area contributed by atoms with Crippen LogP contribution in [0.3, 0.4) is 0 Å². The van der Waals surface area contributed by atoms with Crippen LogP contribution in [0.5, 0.6) is 5.75 Å². The van der Waals surface area contributed by atoms with E-state index in [1.54, 1.807) is 12.1 Å². The largest absolute Gasteiger partial charge is 0.508 e. The van der Waals surface area contributed by atoms with Crippen molar-refractivity contribution in [1.29, 1.82) is 0 Å². The van der Waals surface area contributed by atoms with Crippen LogP contribution in [-0.2, 0) is 5.41 Å². The smallest absolute Gasteiger partial charge is 0.335 e. The molecule has 0 radical (unpaired) electrons. The van der Waals surface area contributed by atoms with E-state index >= 15 is 0 Å². The van der Waals surface area contributed by atoms with Gasteiger partial charge in [-0.15, -0.1) is 0 Å². The van der Waals surface area contributed by atoms with Gasteiger partial charge in [0.15, 0.2) is 0 Å². The summed E-state index contributed by atoms with van der Waals surface area (Å²) < 4.78 is 0. The molecule has 2 bridgehead atoms. The van der Waals surface area contributed by atoms with Gasteiger partial charge in [-0.1, -0.05) is 24.3 Å². The molecule has 150 valence electrons. The molecule has 0 heterocycles. The van der Waals surface area contributed by atoms with E-state index < -0.39 is 5.97 Å². The van der Waals surface area contributed by atoms with E-state index in [2.05, 4.69) is 18.2 Å². The van der Waals surface area contributed by atoms with Crippen molar-refractivity contribution in [1.82, 2.24) is 0 Å². The van der Waals surface area contributed by atoms with Crippen LogP contribution in [0.25, 0.3) is 21.9 Å². The first kappa shape index (κ1) is 16.9. The van der Waals surface area contributed by atoms with Crippen molar-refractivity contribution >= 4 is 16.7 Å². The normalized spacial score (nSPS) is 35.0. The van der Waals surface area contributed by atoms with Crippen LogP contribution in [0, 0.1) is 23.2 Å². The molecule has 0 aromatic heterocycles. The molecule has 0 amide bonds. The third kappa shape index (κ3) is 1.81. The van der Waals surface area contributed by atoms with E-state index in [1.165, 1.54) is 37.7 Å². The second-order valence-electron chi connectivity index (χ2n) is 10.3. The van der Waals surface area contributed by atoms with E-state index in [-0.39, 0.29) is 5.41 Å². The van der Waals surface area contributed by atoms with Gasteiger partial charge in [0.25, 0.3) is 0 Å². The van der Waals surface area contributed by atoms with E-state index in [0.29, 0.717) is 16.7 Å². The van der Waals surface area contributed by atoms with Crippen molar-refractivity contribution in [2.45, 2.75) is 37.5 Å². The maximum absolute atomic E-state index is 11.1. The molecule has 0 saturated heterocycles. The number of carbonyl (C=O) groups is 1. The molecule has 2 N–H and O–H groups in total. The second kappa shape index (κ2) is 5.26. The summed E-state index contributed by atoms with van der Waals surface area (Å²) in [6, 6.07) is 17.5. The average Bonchev–Trinajstić information content (AvgIpc) is 3.25. The quantitative estimate of drug-likeness (QED) is 0.572. The van der Waals surface area contributed by atoms with Crippen LogP contribution in [-0.4, -0.2) is 16.2 Å². The number of hydrogen-bond acceptors (Lipinski definition) is 2. The van der Waals surface area contributed by atoms with Gasteiger partial charge in [-0.2, -0.15) is 0 Å². The summed E-state index contributed by atoms with van der Waals surface area (Å²) in [5.74, 6) is 2.29. The lowest BCUT2D eigenvalue weighted by atomic mass is 9.29. The van der Waals surface area contributed by atoms with Gasteiger partial charge in [0, 0.05) is 11.0 Å². The molecule has 4 aliphatic rings. The highest BCUT2D eigenvalue weighted by Crippen LogP contribution is 2.87. The topological polar surface area (TPSA) is 57.5 Å². The van der Waals surface area contributed by atoms with Gasteiger partial charge in [-0.25, -0.2) is 4.79 Å². The molecule has 7 rings (SSSR count). The van der Waals surface area contributed by atoms with Crippen LogP contribution < -0.4 is 0 Å². The van der Waals surface area contributed by atoms with Gasteiger partial charge in [0.05, 0.1) is 5.56 Å². The number of phenols is 1. The highest BCUT2D eigenvalue weighted by molar-refractivity contribution is 5.91. The highest BCUT2D eigenvalue weighted by Gasteiger charge is 2.81. The van der Waals surface area contributed by atoms with E-state index in [0.717, 1.165) is 39.7 Å². The fourth-order valence-electron chi connectivity index (χ4n) is 8.31. The van der Waals surface area contributed by atoms with E-state index in [4.69, 9.17) is 5.11 Å². The average molecular weight is 396 g/mol. The van der Waals surface area contributed by atoms with Gasteiger partial charge in [-0.3, -0.25) is 0 Å². The standard InChI is InChI=1S/C27H24O3/c28-24-11-19-6-5-18(16-1-3-17(4-2-16)25(29)30)9-20(19)10-23(24)26-13-21-7-15-8-22(14-26)27(21,26)12-15/h1-6,9-11,15,21-22,28H,7-8,12-14H2,(H,29,30). The zero-order valence-electron chi connectivity index (χ0n) is 16.8. The Labute approximate surface area is 175 Å². The molecule has 2 atom stereocenters.